The minimum Gasteiger partial charge on any atom is -0.258 e. The Balaban J connectivity index is 1.98. The summed E-state index contributed by atoms with van der Waals surface area (Å²) in [5.74, 6) is 0.816. The van der Waals surface area contributed by atoms with Gasteiger partial charge in [-0.3, -0.25) is 5.01 Å². The van der Waals surface area contributed by atoms with E-state index in [1.165, 1.54) is 5.56 Å². The lowest BCUT2D eigenvalue weighted by atomic mass is 9.95. The number of nitrogens with zero attached hydrogens (tertiary/aromatic N) is 2. The lowest BCUT2D eigenvalue weighted by Gasteiger charge is -2.27. The number of alkyl halides is 1. The van der Waals surface area contributed by atoms with Crippen molar-refractivity contribution in [2.75, 3.05) is 10.9 Å². The minimum atomic E-state index is 0.182. The number of benzene rings is 2. The molecule has 3 rings (SSSR count). The Morgan fingerprint density at radius 3 is 2.21 bits per heavy atom. The Bertz CT molecular complexity index is 553. The van der Waals surface area contributed by atoms with E-state index in [4.69, 9.17) is 11.6 Å². The normalized spacial score (nSPS) is 21.8. The van der Waals surface area contributed by atoms with Gasteiger partial charge in [0.1, 0.15) is 0 Å². The summed E-state index contributed by atoms with van der Waals surface area (Å²) in [5.41, 5.74) is 2.34. The predicted molar refractivity (Wildman–Crippen MR) is 80.8 cm³/mol. The molecule has 3 heteroatoms. The molecule has 0 amide bonds. The topological polar surface area (TPSA) is 15.6 Å². The fraction of sp³-hybridized carbons (Fsp3) is 0.188. The second-order valence-corrected chi connectivity index (χ2v) is 4.93. The number of hydrazone groups is 1. The summed E-state index contributed by atoms with van der Waals surface area (Å²) in [5, 5.41) is 6.60. The largest absolute Gasteiger partial charge is 0.258 e. The van der Waals surface area contributed by atoms with E-state index in [2.05, 4.69) is 46.5 Å². The van der Waals surface area contributed by atoms with Gasteiger partial charge in [0.25, 0.3) is 0 Å². The third-order valence-electron chi connectivity index (χ3n) is 3.39. The van der Waals surface area contributed by atoms with Crippen LogP contribution in [0, 0.1) is 5.92 Å². The van der Waals surface area contributed by atoms with Gasteiger partial charge in [-0.15, -0.1) is 11.6 Å². The molecule has 0 radical (unpaired) electrons. The smallest absolute Gasteiger partial charge is 0.0865 e. The molecule has 2 aromatic carbocycles. The lowest BCUT2D eigenvalue weighted by Crippen LogP contribution is -2.24. The highest BCUT2D eigenvalue weighted by Gasteiger charge is 2.32. The first-order chi connectivity index (χ1) is 9.40. The van der Waals surface area contributed by atoms with E-state index in [0.29, 0.717) is 5.88 Å². The van der Waals surface area contributed by atoms with E-state index < -0.39 is 0 Å². The fourth-order valence-electron chi connectivity index (χ4n) is 2.46. The number of rotatable bonds is 3. The molecule has 0 fully saturated rings. The molecule has 1 aliphatic heterocycles. The van der Waals surface area contributed by atoms with Crippen LogP contribution in [0.2, 0.25) is 0 Å². The number of hydrogen-bond acceptors (Lipinski definition) is 2. The SMILES string of the molecule is ClCC1C=NN(c2ccccc2)C1c1ccccc1. The molecule has 0 bridgehead atoms. The van der Waals surface area contributed by atoms with E-state index in [1.54, 1.807) is 0 Å². The molecule has 0 saturated heterocycles. The summed E-state index contributed by atoms with van der Waals surface area (Å²) < 4.78 is 0. The van der Waals surface area contributed by atoms with Crippen LogP contribution in [-0.2, 0) is 0 Å². The number of para-hydroxylation sites is 1. The Kier molecular flexibility index (Phi) is 3.51. The zero-order chi connectivity index (χ0) is 13.1. The molecule has 1 aliphatic rings. The van der Waals surface area contributed by atoms with Crippen molar-refractivity contribution in [3.05, 3.63) is 66.2 Å². The molecule has 0 saturated carbocycles. The molecule has 0 aromatic heterocycles. The molecular weight excluding hydrogens is 256 g/mol. The van der Waals surface area contributed by atoms with E-state index in [1.807, 2.05) is 30.5 Å². The van der Waals surface area contributed by atoms with Crippen LogP contribution in [0.3, 0.4) is 0 Å². The number of hydrogen-bond donors (Lipinski definition) is 0. The Morgan fingerprint density at radius 2 is 1.58 bits per heavy atom. The summed E-state index contributed by atoms with van der Waals surface area (Å²) in [7, 11) is 0. The highest BCUT2D eigenvalue weighted by molar-refractivity contribution is 6.19. The van der Waals surface area contributed by atoms with Crippen molar-refractivity contribution in [2.24, 2.45) is 11.0 Å². The van der Waals surface area contributed by atoms with Gasteiger partial charge in [0, 0.05) is 18.0 Å². The molecule has 0 aliphatic carbocycles. The average molecular weight is 271 g/mol. The third kappa shape index (κ3) is 2.36. The van der Waals surface area contributed by atoms with Gasteiger partial charge in [-0.25, -0.2) is 0 Å². The van der Waals surface area contributed by atoms with Crippen molar-refractivity contribution < 1.29 is 0 Å². The predicted octanol–water partition coefficient (Wildman–Crippen LogP) is 4.09. The van der Waals surface area contributed by atoms with Crippen molar-refractivity contribution in [1.82, 2.24) is 0 Å². The van der Waals surface area contributed by atoms with Crippen LogP contribution in [0.15, 0.2) is 65.8 Å². The molecule has 1 heterocycles. The summed E-state index contributed by atoms with van der Waals surface area (Å²) in [6.45, 7) is 0. The Hall–Kier alpha value is -1.80. The van der Waals surface area contributed by atoms with Gasteiger partial charge in [-0.05, 0) is 17.7 Å². The Morgan fingerprint density at radius 1 is 0.947 bits per heavy atom. The average Bonchev–Trinajstić information content (AvgIpc) is 2.93. The molecule has 2 nitrogen and oxygen atoms in total. The van der Waals surface area contributed by atoms with Crippen molar-refractivity contribution >= 4 is 23.5 Å². The maximum atomic E-state index is 6.09. The van der Waals surface area contributed by atoms with Gasteiger partial charge in [-0.1, -0.05) is 48.5 Å². The van der Waals surface area contributed by atoms with Crippen LogP contribution >= 0.6 is 11.6 Å². The summed E-state index contributed by atoms with van der Waals surface area (Å²) >= 11 is 6.09. The van der Waals surface area contributed by atoms with Gasteiger partial charge in [0.2, 0.25) is 0 Å². The molecule has 19 heavy (non-hydrogen) atoms. The van der Waals surface area contributed by atoms with Gasteiger partial charge < -0.3 is 0 Å². The number of halogens is 1. The molecule has 2 unspecified atom stereocenters. The summed E-state index contributed by atoms with van der Waals surface area (Å²) in [4.78, 5) is 0. The van der Waals surface area contributed by atoms with Crippen LogP contribution in [-0.4, -0.2) is 12.1 Å². The minimum absolute atomic E-state index is 0.182. The molecule has 2 atom stereocenters. The maximum absolute atomic E-state index is 6.09. The van der Waals surface area contributed by atoms with Gasteiger partial charge >= 0.3 is 0 Å². The van der Waals surface area contributed by atoms with Gasteiger partial charge in [0.05, 0.1) is 11.7 Å². The zero-order valence-corrected chi connectivity index (χ0v) is 11.2. The molecule has 2 aromatic rings. The maximum Gasteiger partial charge on any atom is 0.0865 e. The highest BCUT2D eigenvalue weighted by Crippen LogP contribution is 2.36. The highest BCUT2D eigenvalue weighted by atomic mass is 35.5. The first-order valence-electron chi connectivity index (χ1n) is 6.39. The summed E-state index contributed by atoms with van der Waals surface area (Å²) in [6.07, 6.45) is 1.96. The molecule has 0 spiro atoms. The summed E-state index contributed by atoms with van der Waals surface area (Å²) in [6, 6.07) is 20.8. The van der Waals surface area contributed by atoms with Gasteiger partial charge in [0.15, 0.2) is 0 Å². The molecular formula is C16H15ClN2. The third-order valence-corrected chi connectivity index (χ3v) is 3.75. The fourth-order valence-corrected chi connectivity index (χ4v) is 2.71. The van der Waals surface area contributed by atoms with Crippen LogP contribution < -0.4 is 5.01 Å². The second-order valence-electron chi connectivity index (χ2n) is 4.62. The molecule has 0 N–H and O–H groups in total. The van der Waals surface area contributed by atoms with Crippen molar-refractivity contribution in [1.29, 1.82) is 0 Å². The second kappa shape index (κ2) is 5.45. The lowest BCUT2D eigenvalue weighted by molar-refractivity contribution is 0.596. The van der Waals surface area contributed by atoms with E-state index >= 15 is 0 Å². The quantitative estimate of drug-likeness (QED) is 0.767. The van der Waals surface area contributed by atoms with Gasteiger partial charge in [-0.2, -0.15) is 5.10 Å². The zero-order valence-electron chi connectivity index (χ0n) is 10.5. The van der Waals surface area contributed by atoms with E-state index in [0.717, 1.165) is 5.69 Å². The van der Waals surface area contributed by atoms with Crippen molar-refractivity contribution in [3.63, 3.8) is 0 Å². The number of anilines is 1. The van der Waals surface area contributed by atoms with Crippen molar-refractivity contribution in [2.45, 2.75) is 6.04 Å². The van der Waals surface area contributed by atoms with E-state index in [9.17, 15) is 0 Å². The monoisotopic (exact) mass is 270 g/mol. The molecule has 96 valence electrons. The van der Waals surface area contributed by atoms with Crippen LogP contribution in [0.25, 0.3) is 0 Å². The van der Waals surface area contributed by atoms with E-state index in [-0.39, 0.29) is 12.0 Å². The Labute approximate surface area is 118 Å². The standard InChI is InChI=1S/C16H15ClN2/c17-11-14-12-18-19(15-9-5-2-6-10-15)16(14)13-7-3-1-4-8-13/h1-10,12,14,16H,11H2. The van der Waals surface area contributed by atoms with Crippen molar-refractivity contribution in [3.8, 4) is 0 Å². The van der Waals surface area contributed by atoms with Crippen LogP contribution in [0.5, 0.6) is 0 Å². The first kappa shape index (κ1) is 12.2. The van der Waals surface area contributed by atoms with Crippen LogP contribution in [0.1, 0.15) is 11.6 Å². The van der Waals surface area contributed by atoms with Crippen LogP contribution in [0.4, 0.5) is 5.69 Å². The first-order valence-corrected chi connectivity index (χ1v) is 6.93.